The van der Waals surface area contributed by atoms with Crippen molar-refractivity contribution < 1.29 is 0 Å². The van der Waals surface area contributed by atoms with Crippen molar-refractivity contribution in [3.63, 3.8) is 0 Å². The average Bonchev–Trinajstić information content (AvgIpc) is 2.77. The van der Waals surface area contributed by atoms with Gasteiger partial charge in [-0.05, 0) is 49.8 Å². The molecule has 4 heteroatoms. The average molecular weight is 325 g/mol. The smallest absolute Gasteiger partial charge is 0.114 e. The predicted octanol–water partition coefficient (Wildman–Crippen LogP) is 4.42. The summed E-state index contributed by atoms with van der Waals surface area (Å²) >= 11 is 5.25. The third kappa shape index (κ3) is 2.22. The summed E-state index contributed by atoms with van der Waals surface area (Å²) in [5, 5.41) is 1.11. The molecule has 1 fully saturated rings. The third-order valence-corrected chi connectivity index (χ3v) is 5.69. The molecule has 0 aliphatic heterocycles. The molecule has 2 N–H and O–H groups in total. The van der Waals surface area contributed by atoms with Crippen molar-refractivity contribution in [2.24, 2.45) is 11.7 Å². The van der Waals surface area contributed by atoms with Crippen LogP contribution in [-0.2, 0) is 5.54 Å². The minimum Gasteiger partial charge on any atom is -0.319 e. The fourth-order valence-electron chi connectivity index (χ4n) is 2.60. The molecule has 2 aromatic rings. The molecule has 0 saturated heterocycles. The van der Waals surface area contributed by atoms with E-state index >= 15 is 0 Å². The molecule has 1 aliphatic carbocycles. The van der Waals surface area contributed by atoms with E-state index in [0.29, 0.717) is 0 Å². The van der Waals surface area contributed by atoms with Crippen LogP contribution in [0.1, 0.15) is 37.6 Å². The molecule has 0 bridgehead atoms. The van der Waals surface area contributed by atoms with E-state index in [1.165, 1.54) is 17.5 Å². The maximum Gasteiger partial charge on any atom is 0.114 e. The summed E-state index contributed by atoms with van der Waals surface area (Å²) in [6, 6.07) is 6.26. The van der Waals surface area contributed by atoms with E-state index in [-0.39, 0.29) is 5.54 Å². The fourth-order valence-corrected chi connectivity index (χ4v) is 4.06. The van der Waals surface area contributed by atoms with Crippen LogP contribution in [0.4, 0.5) is 0 Å². The van der Waals surface area contributed by atoms with Gasteiger partial charge in [-0.15, -0.1) is 11.3 Å². The molecular formula is C14H17BrN2S. The summed E-state index contributed by atoms with van der Waals surface area (Å²) < 4.78 is 2.31. The van der Waals surface area contributed by atoms with E-state index in [2.05, 4.69) is 41.1 Å². The molecule has 1 aromatic carbocycles. The maximum atomic E-state index is 6.58. The largest absolute Gasteiger partial charge is 0.319 e. The van der Waals surface area contributed by atoms with Gasteiger partial charge in [-0.25, -0.2) is 4.98 Å². The Balaban J connectivity index is 1.98. The van der Waals surface area contributed by atoms with E-state index in [1.807, 2.05) is 0 Å². The van der Waals surface area contributed by atoms with Crippen LogP contribution >= 0.6 is 27.3 Å². The van der Waals surface area contributed by atoms with Gasteiger partial charge in [0.25, 0.3) is 0 Å². The lowest BCUT2D eigenvalue weighted by Gasteiger charge is -2.34. The number of hydrogen-bond donors (Lipinski definition) is 1. The van der Waals surface area contributed by atoms with Gasteiger partial charge in [0.15, 0.2) is 0 Å². The van der Waals surface area contributed by atoms with Gasteiger partial charge in [0.2, 0.25) is 0 Å². The number of fused-ring (bicyclic) bond motifs is 1. The summed E-state index contributed by atoms with van der Waals surface area (Å²) in [6.07, 6.45) is 4.57. The van der Waals surface area contributed by atoms with E-state index in [0.717, 1.165) is 33.8 Å². The Bertz CT molecular complexity index is 570. The zero-order valence-electron chi connectivity index (χ0n) is 10.4. The van der Waals surface area contributed by atoms with Gasteiger partial charge in [0.1, 0.15) is 5.01 Å². The van der Waals surface area contributed by atoms with E-state index < -0.39 is 0 Å². The van der Waals surface area contributed by atoms with Crippen LogP contribution in [0.15, 0.2) is 22.7 Å². The number of aromatic nitrogens is 1. The molecule has 0 radical (unpaired) electrons. The summed E-state index contributed by atoms with van der Waals surface area (Å²) in [7, 11) is 0. The zero-order valence-corrected chi connectivity index (χ0v) is 12.9. The molecular weight excluding hydrogens is 308 g/mol. The summed E-state index contributed by atoms with van der Waals surface area (Å²) in [6.45, 7) is 2.31. The second kappa shape index (κ2) is 4.58. The van der Waals surface area contributed by atoms with Crippen molar-refractivity contribution >= 4 is 37.5 Å². The number of rotatable bonds is 1. The molecule has 2 nitrogen and oxygen atoms in total. The highest BCUT2D eigenvalue weighted by Crippen LogP contribution is 2.40. The molecule has 0 atom stereocenters. The lowest BCUT2D eigenvalue weighted by atomic mass is 9.78. The number of hydrogen-bond acceptors (Lipinski definition) is 3. The number of benzene rings is 1. The van der Waals surface area contributed by atoms with E-state index in [4.69, 9.17) is 10.7 Å². The highest BCUT2D eigenvalue weighted by Gasteiger charge is 2.34. The highest BCUT2D eigenvalue weighted by atomic mass is 79.9. The molecule has 3 rings (SSSR count). The summed E-state index contributed by atoms with van der Waals surface area (Å²) in [4.78, 5) is 4.76. The number of halogens is 1. The van der Waals surface area contributed by atoms with Gasteiger partial charge < -0.3 is 5.73 Å². The van der Waals surface area contributed by atoms with E-state index in [9.17, 15) is 0 Å². The van der Waals surface area contributed by atoms with Gasteiger partial charge >= 0.3 is 0 Å². The molecule has 0 unspecified atom stereocenters. The van der Waals surface area contributed by atoms with Gasteiger partial charge in [0.05, 0.1) is 15.8 Å². The first kappa shape index (κ1) is 12.6. The van der Waals surface area contributed by atoms with Crippen LogP contribution in [0.3, 0.4) is 0 Å². The first-order valence-corrected chi connectivity index (χ1v) is 8.03. The van der Waals surface area contributed by atoms with Crippen molar-refractivity contribution in [2.75, 3.05) is 0 Å². The van der Waals surface area contributed by atoms with Crippen molar-refractivity contribution in [3.05, 3.63) is 27.7 Å². The van der Waals surface area contributed by atoms with Gasteiger partial charge in [-0.2, -0.15) is 0 Å². The topological polar surface area (TPSA) is 38.9 Å². The second-order valence-corrected chi connectivity index (χ2v) is 7.42. The Kier molecular flexibility index (Phi) is 3.20. The SMILES string of the molecule is CC1CCC(N)(c2nc3cc(Br)ccc3s2)CC1. The first-order valence-electron chi connectivity index (χ1n) is 6.42. The van der Waals surface area contributed by atoms with Crippen molar-refractivity contribution in [1.29, 1.82) is 0 Å². The van der Waals surface area contributed by atoms with Crippen molar-refractivity contribution in [1.82, 2.24) is 4.98 Å². The Hall–Kier alpha value is -0.450. The fraction of sp³-hybridized carbons (Fsp3) is 0.500. The molecule has 0 spiro atoms. The first-order chi connectivity index (χ1) is 8.57. The molecule has 1 aliphatic rings. The van der Waals surface area contributed by atoms with Gasteiger partial charge in [-0.3, -0.25) is 0 Å². The molecule has 1 saturated carbocycles. The minimum atomic E-state index is -0.192. The van der Waals surface area contributed by atoms with E-state index in [1.54, 1.807) is 11.3 Å². The van der Waals surface area contributed by atoms with Crippen LogP contribution in [-0.4, -0.2) is 4.98 Å². The normalized spacial score (nSPS) is 28.7. The zero-order chi connectivity index (χ0) is 12.8. The molecule has 18 heavy (non-hydrogen) atoms. The van der Waals surface area contributed by atoms with Crippen LogP contribution in [0.5, 0.6) is 0 Å². The minimum absolute atomic E-state index is 0.192. The standard InChI is InChI=1S/C14H17BrN2S/c1-9-4-6-14(16,7-5-9)13-17-11-8-10(15)2-3-12(11)18-13/h2-3,8-9H,4-7,16H2,1H3. The second-order valence-electron chi connectivity index (χ2n) is 5.47. The van der Waals surface area contributed by atoms with Crippen LogP contribution in [0, 0.1) is 5.92 Å². The Morgan fingerprint density at radius 2 is 2.11 bits per heavy atom. The lowest BCUT2D eigenvalue weighted by molar-refractivity contribution is 0.247. The Labute approximate surface area is 120 Å². The molecule has 1 aromatic heterocycles. The quantitative estimate of drug-likeness (QED) is 0.843. The number of thiazole rings is 1. The molecule has 96 valence electrons. The molecule has 1 heterocycles. The Morgan fingerprint density at radius 1 is 1.39 bits per heavy atom. The summed E-state index contributed by atoms with van der Waals surface area (Å²) in [5.41, 5.74) is 7.45. The number of nitrogens with two attached hydrogens (primary N) is 1. The predicted molar refractivity (Wildman–Crippen MR) is 80.8 cm³/mol. The van der Waals surface area contributed by atoms with Crippen LogP contribution in [0.25, 0.3) is 10.2 Å². The number of nitrogens with zero attached hydrogens (tertiary/aromatic N) is 1. The summed E-state index contributed by atoms with van der Waals surface area (Å²) in [5.74, 6) is 0.810. The third-order valence-electron chi connectivity index (χ3n) is 3.94. The van der Waals surface area contributed by atoms with Crippen molar-refractivity contribution in [2.45, 2.75) is 38.1 Å². The van der Waals surface area contributed by atoms with Crippen molar-refractivity contribution in [3.8, 4) is 0 Å². The monoisotopic (exact) mass is 324 g/mol. The van der Waals surface area contributed by atoms with Gasteiger partial charge in [0, 0.05) is 4.47 Å². The molecule has 0 amide bonds. The highest BCUT2D eigenvalue weighted by molar-refractivity contribution is 9.10. The van der Waals surface area contributed by atoms with Crippen LogP contribution < -0.4 is 5.73 Å². The maximum absolute atomic E-state index is 6.58. The van der Waals surface area contributed by atoms with Gasteiger partial charge in [-0.1, -0.05) is 22.9 Å². The van der Waals surface area contributed by atoms with Crippen LogP contribution in [0.2, 0.25) is 0 Å². The lowest BCUT2D eigenvalue weighted by Crippen LogP contribution is -2.40. The Morgan fingerprint density at radius 3 is 2.83 bits per heavy atom.